The van der Waals surface area contributed by atoms with Crippen LogP contribution in [0.3, 0.4) is 0 Å². The molecule has 1 N–H and O–H groups in total. The van der Waals surface area contributed by atoms with Gasteiger partial charge in [-0.05, 0) is 25.1 Å². The molecule has 2 rings (SSSR count). The largest absolute Gasteiger partial charge is 0.381 e. The molecule has 1 heterocycles. The third kappa shape index (κ3) is 3.41. The third-order valence-electron chi connectivity index (χ3n) is 2.94. The van der Waals surface area contributed by atoms with E-state index >= 15 is 0 Å². The average Bonchev–Trinajstić information content (AvgIpc) is 2.84. The van der Waals surface area contributed by atoms with Gasteiger partial charge in [0, 0.05) is 44.6 Å². The molecule has 1 aromatic heterocycles. The van der Waals surface area contributed by atoms with Gasteiger partial charge in [0.2, 0.25) is 0 Å². The zero-order valence-electron chi connectivity index (χ0n) is 11.5. The lowest BCUT2D eigenvalue weighted by atomic mass is 10.2. The SMILES string of the molecule is CCn1cc(CNc2ccc(N(C)C)c(Cl)c2)cn1. The van der Waals surface area contributed by atoms with Gasteiger partial charge in [-0.15, -0.1) is 0 Å². The molecule has 0 saturated carbocycles. The van der Waals surface area contributed by atoms with E-state index in [-0.39, 0.29) is 0 Å². The van der Waals surface area contributed by atoms with Gasteiger partial charge >= 0.3 is 0 Å². The zero-order valence-corrected chi connectivity index (χ0v) is 12.3. The van der Waals surface area contributed by atoms with E-state index < -0.39 is 0 Å². The molecule has 0 aliphatic carbocycles. The Bertz CT molecular complexity index is 548. The topological polar surface area (TPSA) is 33.1 Å². The maximum absolute atomic E-state index is 6.23. The lowest BCUT2D eigenvalue weighted by molar-refractivity contribution is 0.659. The molecule has 4 nitrogen and oxygen atoms in total. The fraction of sp³-hybridized carbons (Fsp3) is 0.357. The number of nitrogens with one attached hydrogen (secondary N) is 1. The summed E-state index contributed by atoms with van der Waals surface area (Å²) >= 11 is 6.23. The van der Waals surface area contributed by atoms with Gasteiger partial charge in [0.25, 0.3) is 0 Å². The van der Waals surface area contributed by atoms with E-state index in [1.807, 2.05) is 54.3 Å². The summed E-state index contributed by atoms with van der Waals surface area (Å²) in [4.78, 5) is 2.00. The Kier molecular flexibility index (Phi) is 4.32. The summed E-state index contributed by atoms with van der Waals surface area (Å²) in [7, 11) is 3.96. The standard InChI is InChI=1S/C14H19ClN4/c1-4-19-10-11(9-17-19)8-16-12-5-6-14(18(2)3)13(15)7-12/h5-7,9-10,16H,4,8H2,1-3H3. The van der Waals surface area contributed by atoms with Crippen molar-refractivity contribution in [2.75, 3.05) is 24.3 Å². The molecule has 0 aliphatic rings. The quantitative estimate of drug-likeness (QED) is 0.911. The molecular weight excluding hydrogens is 260 g/mol. The van der Waals surface area contributed by atoms with E-state index in [9.17, 15) is 0 Å². The first-order valence-corrected chi connectivity index (χ1v) is 6.70. The summed E-state index contributed by atoms with van der Waals surface area (Å²) in [5.41, 5.74) is 3.19. The Morgan fingerprint density at radius 2 is 2.16 bits per heavy atom. The highest BCUT2D eigenvalue weighted by Crippen LogP contribution is 2.27. The second-order valence-electron chi connectivity index (χ2n) is 4.62. The van der Waals surface area contributed by atoms with Gasteiger partial charge in [0.15, 0.2) is 0 Å². The van der Waals surface area contributed by atoms with Crippen LogP contribution in [0.4, 0.5) is 11.4 Å². The number of halogens is 1. The van der Waals surface area contributed by atoms with E-state index in [0.29, 0.717) is 0 Å². The Morgan fingerprint density at radius 3 is 2.74 bits per heavy atom. The minimum absolute atomic E-state index is 0.748. The summed E-state index contributed by atoms with van der Waals surface area (Å²) < 4.78 is 1.92. The summed E-state index contributed by atoms with van der Waals surface area (Å²) in [6, 6.07) is 5.99. The second kappa shape index (κ2) is 5.97. The molecule has 5 heteroatoms. The Hall–Kier alpha value is -1.68. The first kappa shape index (κ1) is 13.7. The maximum Gasteiger partial charge on any atom is 0.0659 e. The van der Waals surface area contributed by atoms with Gasteiger partial charge in [0.05, 0.1) is 16.9 Å². The van der Waals surface area contributed by atoms with E-state index in [4.69, 9.17) is 11.6 Å². The number of nitrogens with zero attached hydrogens (tertiary/aromatic N) is 3. The molecule has 0 radical (unpaired) electrons. The van der Waals surface area contributed by atoms with Gasteiger partial charge in [-0.3, -0.25) is 4.68 Å². The predicted molar refractivity (Wildman–Crippen MR) is 81.0 cm³/mol. The van der Waals surface area contributed by atoms with Crippen LogP contribution in [0.1, 0.15) is 12.5 Å². The third-order valence-corrected chi connectivity index (χ3v) is 3.24. The molecule has 0 amide bonds. The number of rotatable bonds is 5. The van der Waals surface area contributed by atoms with E-state index in [1.54, 1.807) is 0 Å². The monoisotopic (exact) mass is 278 g/mol. The van der Waals surface area contributed by atoms with Crippen molar-refractivity contribution in [1.29, 1.82) is 0 Å². The molecule has 2 aromatic rings. The Morgan fingerprint density at radius 1 is 1.37 bits per heavy atom. The minimum Gasteiger partial charge on any atom is -0.381 e. The van der Waals surface area contributed by atoms with Crippen LogP contribution in [-0.4, -0.2) is 23.9 Å². The van der Waals surface area contributed by atoms with Crippen LogP contribution in [0.5, 0.6) is 0 Å². The highest BCUT2D eigenvalue weighted by Gasteiger charge is 2.04. The first-order valence-electron chi connectivity index (χ1n) is 6.32. The van der Waals surface area contributed by atoms with Crippen molar-refractivity contribution in [2.45, 2.75) is 20.0 Å². The molecule has 1 aromatic carbocycles. The van der Waals surface area contributed by atoms with Crippen molar-refractivity contribution in [3.8, 4) is 0 Å². The smallest absolute Gasteiger partial charge is 0.0659 e. The van der Waals surface area contributed by atoms with E-state index in [1.165, 1.54) is 0 Å². The fourth-order valence-corrected chi connectivity index (χ4v) is 2.20. The Labute approximate surface area is 119 Å². The van der Waals surface area contributed by atoms with E-state index in [2.05, 4.69) is 17.3 Å². The normalized spacial score (nSPS) is 10.5. The second-order valence-corrected chi connectivity index (χ2v) is 5.03. The molecule has 0 fully saturated rings. The summed E-state index contributed by atoms with van der Waals surface area (Å²) in [6.07, 6.45) is 3.93. The molecular formula is C14H19ClN4. The van der Waals surface area contributed by atoms with Crippen LogP contribution in [0, 0.1) is 0 Å². The predicted octanol–water partition coefficient (Wildman–Crippen LogP) is 3.23. The van der Waals surface area contributed by atoms with Gasteiger partial charge in [-0.2, -0.15) is 5.10 Å². The van der Waals surface area contributed by atoms with Crippen LogP contribution in [0.2, 0.25) is 5.02 Å². The average molecular weight is 279 g/mol. The fourth-order valence-electron chi connectivity index (χ4n) is 1.85. The van der Waals surface area contributed by atoms with Crippen LogP contribution in [0.15, 0.2) is 30.6 Å². The molecule has 0 bridgehead atoms. The lowest BCUT2D eigenvalue weighted by Gasteiger charge is -2.15. The molecule has 0 spiro atoms. The number of hydrogen-bond acceptors (Lipinski definition) is 3. The van der Waals surface area contributed by atoms with Crippen LogP contribution in [-0.2, 0) is 13.1 Å². The molecule has 102 valence electrons. The molecule has 0 saturated heterocycles. The zero-order chi connectivity index (χ0) is 13.8. The van der Waals surface area contributed by atoms with Crippen molar-refractivity contribution in [3.63, 3.8) is 0 Å². The lowest BCUT2D eigenvalue weighted by Crippen LogP contribution is -2.09. The van der Waals surface area contributed by atoms with Crippen molar-refractivity contribution >= 4 is 23.0 Å². The summed E-state index contributed by atoms with van der Waals surface area (Å²) in [6.45, 7) is 3.71. The highest BCUT2D eigenvalue weighted by atomic mass is 35.5. The highest BCUT2D eigenvalue weighted by molar-refractivity contribution is 6.33. The number of aromatic nitrogens is 2. The minimum atomic E-state index is 0.748. The molecule has 19 heavy (non-hydrogen) atoms. The molecule has 0 atom stereocenters. The van der Waals surface area contributed by atoms with E-state index in [0.717, 1.165) is 35.1 Å². The van der Waals surface area contributed by atoms with Crippen LogP contribution >= 0.6 is 11.6 Å². The summed E-state index contributed by atoms with van der Waals surface area (Å²) in [5.74, 6) is 0. The summed E-state index contributed by atoms with van der Waals surface area (Å²) in [5, 5.41) is 8.34. The molecule has 0 aliphatic heterocycles. The Balaban J connectivity index is 2.01. The van der Waals surface area contributed by atoms with Crippen molar-refractivity contribution in [1.82, 2.24) is 9.78 Å². The van der Waals surface area contributed by atoms with Gasteiger partial charge in [0.1, 0.15) is 0 Å². The number of benzene rings is 1. The van der Waals surface area contributed by atoms with Crippen LogP contribution < -0.4 is 10.2 Å². The van der Waals surface area contributed by atoms with Crippen molar-refractivity contribution in [2.24, 2.45) is 0 Å². The number of anilines is 2. The van der Waals surface area contributed by atoms with Crippen molar-refractivity contribution in [3.05, 3.63) is 41.2 Å². The van der Waals surface area contributed by atoms with Gasteiger partial charge in [-0.25, -0.2) is 0 Å². The first-order chi connectivity index (χ1) is 9.10. The number of aryl methyl sites for hydroxylation is 1. The molecule has 0 unspecified atom stereocenters. The van der Waals surface area contributed by atoms with Gasteiger partial charge < -0.3 is 10.2 Å². The van der Waals surface area contributed by atoms with Crippen molar-refractivity contribution < 1.29 is 0 Å². The number of hydrogen-bond donors (Lipinski definition) is 1. The maximum atomic E-state index is 6.23. The van der Waals surface area contributed by atoms with Gasteiger partial charge in [-0.1, -0.05) is 11.6 Å². The van der Waals surface area contributed by atoms with Crippen LogP contribution in [0.25, 0.3) is 0 Å².